The molecule has 1 atom stereocenters. The van der Waals surface area contributed by atoms with E-state index in [2.05, 4.69) is 21.7 Å². The van der Waals surface area contributed by atoms with Crippen LogP contribution in [0.25, 0.3) is 10.9 Å². The summed E-state index contributed by atoms with van der Waals surface area (Å²) in [5.41, 5.74) is 4.12. The summed E-state index contributed by atoms with van der Waals surface area (Å²) in [7, 11) is 3.23. The van der Waals surface area contributed by atoms with E-state index >= 15 is 0 Å². The summed E-state index contributed by atoms with van der Waals surface area (Å²) < 4.78 is 11.3. The maximum Gasteiger partial charge on any atom is 0.251 e. The Labute approximate surface area is 207 Å². The summed E-state index contributed by atoms with van der Waals surface area (Å²) in [4.78, 5) is 29.2. The predicted octanol–water partition coefficient (Wildman–Crippen LogP) is 4.79. The number of amides is 2. The van der Waals surface area contributed by atoms with Gasteiger partial charge in [0.25, 0.3) is 5.91 Å². The molecular formula is C27H25N3O4S. The Balaban J connectivity index is 1.48. The van der Waals surface area contributed by atoms with Gasteiger partial charge >= 0.3 is 0 Å². The summed E-state index contributed by atoms with van der Waals surface area (Å²) in [5.74, 6) is 1.16. The van der Waals surface area contributed by atoms with Gasteiger partial charge in [0.1, 0.15) is 0 Å². The van der Waals surface area contributed by atoms with E-state index in [-0.39, 0.29) is 17.7 Å². The van der Waals surface area contributed by atoms with Crippen molar-refractivity contribution in [1.82, 2.24) is 10.3 Å². The van der Waals surface area contributed by atoms with Crippen molar-refractivity contribution in [2.45, 2.75) is 10.8 Å². The maximum absolute atomic E-state index is 13.2. The second-order valence-corrected chi connectivity index (χ2v) is 9.20. The number of hydrogen-bond donors (Lipinski definition) is 3. The van der Waals surface area contributed by atoms with E-state index in [0.29, 0.717) is 35.0 Å². The number of nitrogens with one attached hydrogen (secondary N) is 3. The number of H-pyrrole nitrogens is 1. The Bertz CT molecular complexity index is 1410. The average Bonchev–Trinajstić information content (AvgIpc) is 3.32. The number of methoxy groups -OCH3 is 2. The van der Waals surface area contributed by atoms with Crippen molar-refractivity contribution >= 4 is 40.2 Å². The molecule has 4 aromatic rings. The molecule has 0 saturated heterocycles. The van der Waals surface area contributed by atoms with Gasteiger partial charge in [0.2, 0.25) is 5.91 Å². The Morgan fingerprint density at radius 2 is 1.91 bits per heavy atom. The third-order valence-corrected chi connectivity index (χ3v) is 7.22. The van der Waals surface area contributed by atoms with Gasteiger partial charge < -0.3 is 25.1 Å². The molecule has 0 saturated carbocycles. The quantitative estimate of drug-likeness (QED) is 0.349. The summed E-state index contributed by atoms with van der Waals surface area (Å²) >= 11 is 1.47. The first-order chi connectivity index (χ1) is 17.1. The molecule has 8 heteroatoms. The Morgan fingerprint density at radius 1 is 1.06 bits per heavy atom. The van der Waals surface area contributed by atoms with Crippen molar-refractivity contribution in [1.29, 1.82) is 0 Å². The van der Waals surface area contributed by atoms with Crippen LogP contribution in [0.3, 0.4) is 0 Å². The number of aromatic nitrogens is 1. The van der Waals surface area contributed by atoms with Crippen molar-refractivity contribution in [3.8, 4) is 11.5 Å². The van der Waals surface area contributed by atoms with Crippen LogP contribution in [-0.4, -0.2) is 43.3 Å². The normalized spacial score (nSPS) is 13.6. The summed E-state index contributed by atoms with van der Waals surface area (Å²) in [6, 6.07) is 19.2. The van der Waals surface area contributed by atoms with Crippen LogP contribution in [0.15, 0.2) is 71.8 Å². The van der Waals surface area contributed by atoms with Gasteiger partial charge in [0, 0.05) is 45.6 Å². The number of carbonyl (C=O) groups excluding carboxylic acids is 2. The van der Waals surface area contributed by atoms with Gasteiger partial charge in [-0.15, -0.1) is 11.8 Å². The number of rotatable bonds is 7. The van der Waals surface area contributed by atoms with Crippen LogP contribution in [0.2, 0.25) is 0 Å². The molecule has 2 heterocycles. The molecule has 0 radical (unpaired) electrons. The second kappa shape index (κ2) is 9.76. The molecule has 5 rings (SSSR count). The molecule has 7 nitrogen and oxygen atoms in total. The highest BCUT2D eigenvalue weighted by atomic mass is 32.2. The topological polar surface area (TPSA) is 92.5 Å². The first-order valence-corrected chi connectivity index (χ1v) is 12.2. The summed E-state index contributed by atoms with van der Waals surface area (Å²) in [6.45, 7) is 0.336. The highest BCUT2D eigenvalue weighted by Crippen LogP contribution is 2.40. The molecule has 1 aliphatic rings. The van der Waals surface area contributed by atoms with Gasteiger partial charge in [0.15, 0.2) is 11.5 Å². The summed E-state index contributed by atoms with van der Waals surface area (Å²) in [6.07, 6.45) is 1.98. The molecule has 3 N–H and O–H groups in total. The molecule has 0 aliphatic carbocycles. The van der Waals surface area contributed by atoms with Gasteiger partial charge in [0.05, 0.1) is 25.7 Å². The van der Waals surface area contributed by atoms with E-state index in [4.69, 9.17) is 9.47 Å². The molecule has 0 fully saturated rings. The van der Waals surface area contributed by atoms with Gasteiger partial charge in [-0.3, -0.25) is 9.59 Å². The lowest BCUT2D eigenvalue weighted by atomic mass is 9.89. The van der Waals surface area contributed by atoms with Crippen molar-refractivity contribution in [3.63, 3.8) is 0 Å². The predicted molar refractivity (Wildman–Crippen MR) is 138 cm³/mol. The van der Waals surface area contributed by atoms with Crippen LogP contribution in [0.4, 0.5) is 5.69 Å². The standard InChI is InChI=1S/C27H25N3O4S/c1-33-23-9-5-7-18(26(23)34-2)20(19-13-28-21-8-4-3-6-17(19)21)14-29-27(32)16-10-11-24-22(12-16)30-25(31)15-35-24/h3-13,20,28H,14-15H2,1-2H3,(H,29,32)(H,30,31). The Morgan fingerprint density at radius 3 is 2.74 bits per heavy atom. The average molecular weight is 488 g/mol. The molecular weight excluding hydrogens is 462 g/mol. The number of hydrogen-bond acceptors (Lipinski definition) is 5. The zero-order valence-corrected chi connectivity index (χ0v) is 20.2. The van der Waals surface area contributed by atoms with Gasteiger partial charge in [-0.25, -0.2) is 0 Å². The molecule has 1 aliphatic heterocycles. The van der Waals surface area contributed by atoms with E-state index in [1.54, 1.807) is 26.4 Å². The zero-order chi connectivity index (χ0) is 24.4. The first-order valence-electron chi connectivity index (χ1n) is 11.2. The molecule has 3 aromatic carbocycles. The van der Waals surface area contributed by atoms with Crippen LogP contribution in [-0.2, 0) is 4.79 Å². The number of thioether (sulfide) groups is 1. The lowest BCUT2D eigenvalue weighted by Gasteiger charge is -2.22. The van der Waals surface area contributed by atoms with E-state index < -0.39 is 0 Å². The van der Waals surface area contributed by atoms with Crippen molar-refractivity contribution < 1.29 is 19.1 Å². The lowest BCUT2D eigenvalue weighted by molar-refractivity contribution is -0.113. The van der Waals surface area contributed by atoms with E-state index in [1.807, 2.05) is 48.7 Å². The molecule has 35 heavy (non-hydrogen) atoms. The summed E-state index contributed by atoms with van der Waals surface area (Å²) in [5, 5.41) is 7.00. The zero-order valence-electron chi connectivity index (χ0n) is 19.4. The molecule has 0 bridgehead atoms. The monoisotopic (exact) mass is 487 g/mol. The fourth-order valence-electron chi connectivity index (χ4n) is 4.48. The molecule has 1 unspecified atom stereocenters. The Kier molecular flexibility index (Phi) is 6.37. The Hall–Kier alpha value is -3.91. The lowest BCUT2D eigenvalue weighted by Crippen LogP contribution is -2.29. The van der Waals surface area contributed by atoms with E-state index in [1.165, 1.54) is 11.8 Å². The minimum atomic E-state index is -0.218. The highest BCUT2D eigenvalue weighted by Gasteiger charge is 2.25. The van der Waals surface area contributed by atoms with Gasteiger partial charge in [-0.05, 0) is 35.9 Å². The van der Waals surface area contributed by atoms with Gasteiger partial charge in [-0.2, -0.15) is 0 Å². The number of ether oxygens (including phenoxy) is 2. The van der Waals surface area contributed by atoms with Crippen LogP contribution in [0, 0.1) is 0 Å². The second-order valence-electron chi connectivity index (χ2n) is 8.18. The third kappa shape index (κ3) is 4.44. The minimum Gasteiger partial charge on any atom is -0.493 e. The van der Waals surface area contributed by atoms with E-state index in [9.17, 15) is 9.59 Å². The fraction of sp³-hybridized carbons (Fsp3) is 0.185. The van der Waals surface area contributed by atoms with Crippen LogP contribution in [0.1, 0.15) is 27.4 Å². The number of aromatic amines is 1. The largest absolute Gasteiger partial charge is 0.493 e. The third-order valence-electron chi connectivity index (χ3n) is 6.15. The molecule has 2 amide bonds. The fourth-order valence-corrected chi connectivity index (χ4v) is 5.27. The molecule has 178 valence electrons. The molecule has 1 aromatic heterocycles. The highest BCUT2D eigenvalue weighted by molar-refractivity contribution is 8.00. The minimum absolute atomic E-state index is 0.0652. The number of fused-ring (bicyclic) bond motifs is 2. The number of carbonyl (C=O) groups is 2. The number of anilines is 1. The molecule has 0 spiro atoms. The van der Waals surface area contributed by atoms with Crippen LogP contribution in [0.5, 0.6) is 11.5 Å². The van der Waals surface area contributed by atoms with Crippen LogP contribution >= 0.6 is 11.8 Å². The van der Waals surface area contributed by atoms with Crippen molar-refractivity contribution in [2.24, 2.45) is 0 Å². The smallest absolute Gasteiger partial charge is 0.251 e. The SMILES string of the molecule is COc1cccc(C(CNC(=O)c2ccc3c(c2)NC(=O)CS3)c2c[nH]c3ccccc23)c1OC. The van der Waals surface area contributed by atoms with Gasteiger partial charge in [-0.1, -0.05) is 30.3 Å². The van der Waals surface area contributed by atoms with E-state index in [0.717, 1.165) is 26.9 Å². The maximum atomic E-state index is 13.2. The number of para-hydroxylation sites is 2. The number of benzene rings is 3. The van der Waals surface area contributed by atoms with Crippen LogP contribution < -0.4 is 20.1 Å². The van der Waals surface area contributed by atoms with Crippen molar-refractivity contribution in [2.75, 3.05) is 31.8 Å². The van der Waals surface area contributed by atoms with Crippen molar-refractivity contribution in [3.05, 3.63) is 83.6 Å². The first kappa shape index (κ1) is 22.9.